The Bertz CT molecular complexity index is 1050. The van der Waals surface area contributed by atoms with Gasteiger partial charge in [-0.2, -0.15) is 5.26 Å². The molecule has 0 bridgehead atoms. The standard InChI is InChI=1S/C31H38F3NO2/c1-2-3-4-5-6-7-8-9-22-10-12-23(13-11-22)14-15-24-16-17-26(28(32)18-24)31(36)37-25-19-29(33)27(21-35)30(34)20-25/h16-20,22-23H,2-15H2,1H3. The number of hydrogen-bond acceptors (Lipinski definition) is 3. The van der Waals surface area contributed by atoms with Gasteiger partial charge in [0.15, 0.2) is 0 Å². The summed E-state index contributed by atoms with van der Waals surface area (Å²) in [6, 6.07) is 7.24. The van der Waals surface area contributed by atoms with Crippen LogP contribution in [0, 0.1) is 40.6 Å². The molecule has 0 spiro atoms. The number of unbranched alkanes of at least 4 members (excludes halogenated alkanes) is 6. The Morgan fingerprint density at radius 2 is 1.46 bits per heavy atom. The van der Waals surface area contributed by atoms with E-state index in [1.165, 1.54) is 95.3 Å². The zero-order chi connectivity index (χ0) is 26.6. The number of nitrogens with zero attached hydrogens (tertiary/aromatic N) is 1. The molecule has 6 heteroatoms. The SMILES string of the molecule is CCCCCCCCCC1CCC(CCc2ccc(C(=O)Oc3cc(F)c(C#N)c(F)c3)c(F)c2)CC1. The number of halogens is 3. The topological polar surface area (TPSA) is 50.1 Å². The lowest BCUT2D eigenvalue weighted by Gasteiger charge is -2.28. The molecule has 0 aliphatic heterocycles. The molecule has 1 aliphatic rings. The van der Waals surface area contributed by atoms with Gasteiger partial charge in [-0.05, 0) is 42.4 Å². The summed E-state index contributed by atoms with van der Waals surface area (Å²) < 4.78 is 47.1. The van der Waals surface area contributed by atoms with E-state index < -0.39 is 34.7 Å². The van der Waals surface area contributed by atoms with E-state index in [1.54, 1.807) is 6.07 Å². The summed E-state index contributed by atoms with van der Waals surface area (Å²) in [5, 5.41) is 8.73. The highest BCUT2D eigenvalue weighted by Crippen LogP contribution is 2.34. The molecule has 0 aromatic heterocycles. The van der Waals surface area contributed by atoms with Crippen LogP contribution in [-0.4, -0.2) is 5.97 Å². The summed E-state index contributed by atoms with van der Waals surface area (Å²) in [6.07, 6.45) is 17.6. The zero-order valence-electron chi connectivity index (χ0n) is 21.8. The summed E-state index contributed by atoms with van der Waals surface area (Å²) in [5.41, 5.74) is -0.258. The minimum absolute atomic E-state index is 0.306. The van der Waals surface area contributed by atoms with Gasteiger partial charge in [0.05, 0.1) is 5.56 Å². The zero-order valence-corrected chi connectivity index (χ0v) is 21.8. The van der Waals surface area contributed by atoms with Gasteiger partial charge < -0.3 is 4.74 Å². The Hall–Kier alpha value is -2.81. The molecule has 1 fully saturated rings. The van der Waals surface area contributed by atoms with Crippen molar-refractivity contribution in [2.75, 3.05) is 0 Å². The Balaban J connectivity index is 1.40. The molecule has 37 heavy (non-hydrogen) atoms. The average molecular weight is 514 g/mol. The second-order valence-corrected chi connectivity index (χ2v) is 10.4. The molecule has 0 radical (unpaired) electrons. The summed E-state index contributed by atoms with van der Waals surface area (Å²) >= 11 is 0. The number of ether oxygens (including phenoxy) is 1. The molecule has 3 nitrogen and oxygen atoms in total. The van der Waals surface area contributed by atoms with E-state index in [-0.39, 0.29) is 5.56 Å². The maximum Gasteiger partial charge on any atom is 0.346 e. The lowest BCUT2D eigenvalue weighted by molar-refractivity contribution is 0.0729. The van der Waals surface area contributed by atoms with Crippen LogP contribution >= 0.6 is 0 Å². The van der Waals surface area contributed by atoms with Crippen LogP contribution in [0.1, 0.15) is 112 Å². The van der Waals surface area contributed by atoms with Gasteiger partial charge in [-0.25, -0.2) is 18.0 Å². The Morgan fingerprint density at radius 3 is 2.05 bits per heavy atom. The summed E-state index contributed by atoms with van der Waals surface area (Å²) in [6.45, 7) is 2.25. The van der Waals surface area contributed by atoms with Gasteiger partial charge in [-0.15, -0.1) is 0 Å². The van der Waals surface area contributed by atoms with E-state index in [0.29, 0.717) is 5.92 Å². The second kappa shape index (κ2) is 14.8. The second-order valence-electron chi connectivity index (χ2n) is 10.4. The molecule has 200 valence electrons. The number of nitriles is 1. The highest BCUT2D eigenvalue weighted by Gasteiger charge is 2.22. The molecular formula is C31H38F3NO2. The fraction of sp³-hybridized carbons (Fsp3) is 0.548. The van der Waals surface area contributed by atoms with Crippen molar-refractivity contribution in [1.82, 2.24) is 0 Å². The number of hydrogen-bond donors (Lipinski definition) is 0. The van der Waals surface area contributed by atoms with Gasteiger partial charge in [0.2, 0.25) is 0 Å². The first-order chi connectivity index (χ1) is 17.9. The number of benzene rings is 2. The van der Waals surface area contributed by atoms with Gasteiger partial charge in [0.1, 0.15) is 34.8 Å². The van der Waals surface area contributed by atoms with Crippen molar-refractivity contribution < 1.29 is 22.7 Å². The van der Waals surface area contributed by atoms with Crippen molar-refractivity contribution in [2.24, 2.45) is 11.8 Å². The van der Waals surface area contributed by atoms with Gasteiger partial charge in [-0.3, -0.25) is 0 Å². The number of aryl methyl sites for hydroxylation is 1. The molecule has 1 saturated carbocycles. The predicted molar refractivity (Wildman–Crippen MR) is 139 cm³/mol. The molecule has 2 aromatic carbocycles. The lowest BCUT2D eigenvalue weighted by Crippen LogP contribution is -2.15. The first-order valence-corrected chi connectivity index (χ1v) is 13.8. The number of carbonyl (C=O) groups excluding carboxylic acids is 1. The van der Waals surface area contributed by atoms with E-state index in [2.05, 4.69) is 6.92 Å². The molecular weight excluding hydrogens is 475 g/mol. The smallest absolute Gasteiger partial charge is 0.346 e. The minimum atomic E-state index is -1.15. The normalized spacial score (nSPS) is 17.4. The van der Waals surface area contributed by atoms with Gasteiger partial charge in [-0.1, -0.05) is 90.0 Å². The molecule has 1 aliphatic carbocycles. The Kier molecular flexibility index (Phi) is 11.5. The Labute approximate surface area is 219 Å². The molecule has 0 N–H and O–H groups in total. The summed E-state index contributed by atoms with van der Waals surface area (Å²) in [4.78, 5) is 12.3. The fourth-order valence-corrected chi connectivity index (χ4v) is 5.33. The fourth-order valence-electron chi connectivity index (χ4n) is 5.33. The third kappa shape index (κ3) is 8.91. The van der Waals surface area contributed by atoms with E-state index in [0.717, 1.165) is 36.5 Å². The van der Waals surface area contributed by atoms with Crippen LogP contribution in [0.15, 0.2) is 30.3 Å². The van der Waals surface area contributed by atoms with Crippen LogP contribution in [0.5, 0.6) is 5.75 Å². The highest BCUT2D eigenvalue weighted by molar-refractivity contribution is 5.91. The lowest BCUT2D eigenvalue weighted by atomic mass is 9.77. The number of carbonyl (C=O) groups is 1. The molecule has 2 aromatic rings. The van der Waals surface area contributed by atoms with E-state index >= 15 is 0 Å². The van der Waals surface area contributed by atoms with E-state index in [4.69, 9.17) is 10.00 Å². The molecule has 0 atom stereocenters. The van der Waals surface area contributed by atoms with Crippen LogP contribution in [0.3, 0.4) is 0 Å². The molecule has 0 amide bonds. The van der Waals surface area contributed by atoms with Crippen molar-refractivity contribution in [3.63, 3.8) is 0 Å². The van der Waals surface area contributed by atoms with Gasteiger partial charge in [0, 0.05) is 12.1 Å². The number of esters is 1. The van der Waals surface area contributed by atoms with Gasteiger partial charge in [0.25, 0.3) is 0 Å². The van der Waals surface area contributed by atoms with Crippen LogP contribution < -0.4 is 4.74 Å². The minimum Gasteiger partial charge on any atom is -0.423 e. The Morgan fingerprint density at radius 1 is 0.865 bits per heavy atom. The van der Waals surface area contributed by atoms with E-state index in [9.17, 15) is 18.0 Å². The number of rotatable bonds is 13. The molecule has 0 unspecified atom stereocenters. The van der Waals surface area contributed by atoms with Crippen molar-refractivity contribution in [3.05, 3.63) is 64.5 Å². The highest BCUT2D eigenvalue weighted by atomic mass is 19.1. The summed E-state index contributed by atoms with van der Waals surface area (Å²) in [5.74, 6) is -2.99. The first kappa shape index (κ1) is 28.8. The average Bonchev–Trinajstić information content (AvgIpc) is 2.87. The van der Waals surface area contributed by atoms with Crippen LogP contribution in [0.2, 0.25) is 0 Å². The van der Waals surface area contributed by atoms with Crippen molar-refractivity contribution in [1.29, 1.82) is 5.26 Å². The predicted octanol–water partition coefficient (Wildman–Crippen LogP) is 9.07. The van der Waals surface area contributed by atoms with Crippen molar-refractivity contribution in [2.45, 2.75) is 96.8 Å². The molecule has 0 saturated heterocycles. The maximum absolute atomic E-state index is 14.6. The van der Waals surface area contributed by atoms with Crippen molar-refractivity contribution >= 4 is 5.97 Å². The van der Waals surface area contributed by atoms with Crippen LogP contribution in [0.4, 0.5) is 13.2 Å². The van der Waals surface area contributed by atoms with Crippen molar-refractivity contribution in [3.8, 4) is 11.8 Å². The molecule has 3 rings (SSSR count). The maximum atomic E-state index is 14.6. The third-order valence-electron chi connectivity index (χ3n) is 7.61. The third-order valence-corrected chi connectivity index (χ3v) is 7.61. The quantitative estimate of drug-likeness (QED) is 0.152. The summed E-state index contributed by atoms with van der Waals surface area (Å²) in [7, 11) is 0. The first-order valence-electron chi connectivity index (χ1n) is 13.8. The largest absolute Gasteiger partial charge is 0.423 e. The van der Waals surface area contributed by atoms with E-state index in [1.807, 2.05) is 0 Å². The van der Waals surface area contributed by atoms with Crippen LogP contribution in [0.25, 0.3) is 0 Å². The van der Waals surface area contributed by atoms with Crippen LogP contribution in [-0.2, 0) is 6.42 Å². The molecule has 0 heterocycles. The van der Waals surface area contributed by atoms with Gasteiger partial charge >= 0.3 is 5.97 Å². The monoisotopic (exact) mass is 513 g/mol.